The van der Waals surface area contributed by atoms with E-state index in [9.17, 15) is 4.79 Å². The highest BCUT2D eigenvalue weighted by Gasteiger charge is 2.26. The van der Waals surface area contributed by atoms with E-state index in [4.69, 9.17) is 23.2 Å². The maximum Gasteiger partial charge on any atom is 0.230 e. The van der Waals surface area contributed by atoms with E-state index in [1.807, 2.05) is 6.20 Å². The lowest BCUT2D eigenvalue weighted by Gasteiger charge is -2.18. The molecule has 3 rings (SSSR count). The van der Waals surface area contributed by atoms with Crippen molar-refractivity contribution < 1.29 is 4.79 Å². The summed E-state index contributed by atoms with van der Waals surface area (Å²) in [6, 6.07) is 6.96. The van der Waals surface area contributed by atoms with Crippen LogP contribution in [0.15, 0.2) is 36.7 Å². The highest BCUT2D eigenvalue weighted by molar-refractivity contribution is 6.42. The van der Waals surface area contributed by atoms with Crippen molar-refractivity contribution in [3.63, 3.8) is 0 Å². The number of hydrogen-bond acceptors (Lipinski definition) is 3. The molecular weight excluding hydrogens is 359 g/mol. The maximum absolute atomic E-state index is 12.5. The second kappa shape index (κ2) is 6.65. The first-order chi connectivity index (χ1) is 11.8. The van der Waals surface area contributed by atoms with Gasteiger partial charge in [0, 0.05) is 18.0 Å². The van der Waals surface area contributed by atoms with Crippen molar-refractivity contribution in [3.8, 4) is 0 Å². The van der Waals surface area contributed by atoms with Gasteiger partial charge in [-0.25, -0.2) is 9.50 Å². The third-order valence-electron chi connectivity index (χ3n) is 3.75. The molecule has 0 fully saturated rings. The average Bonchev–Trinajstić information content (AvgIpc) is 2.88. The van der Waals surface area contributed by atoms with Gasteiger partial charge in [0.2, 0.25) is 5.91 Å². The summed E-state index contributed by atoms with van der Waals surface area (Å²) in [7, 11) is 0. The minimum atomic E-state index is -0.220. The zero-order valence-corrected chi connectivity index (χ0v) is 15.7. The van der Waals surface area contributed by atoms with Gasteiger partial charge in [0.15, 0.2) is 11.5 Å². The monoisotopic (exact) mass is 376 g/mol. The Morgan fingerprint density at radius 1 is 1.24 bits per heavy atom. The number of carbonyl (C=O) groups excluding carboxylic acids is 1. The van der Waals surface area contributed by atoms with Gasteiger partial charge in [-0.3, -0.25) is 4.79 Å². The number of hydrogen-bond donors (Lipinski definition) is 1. The fourth-order valence-electron chi connectivity index (χ4n) is 2.68. The van der Waals surface area contributed by atoms with Gasteiger partial charge in [-0.05, 0) is 29.2 Å². The second-order valence-electron chi connectivity index (χ2n) is 6.83. The van der Waals surface area contributed by atoms with Gasteiger partial charge in [-0.2, -0.15) is 0 Å². The summed E-state index contributed by atoms with van der Waals surface area (Å²) in [6.45, 7) is 6.19. The number of rotatable bonds is 3. The van der Waals surface area contributed by atoms with Crippen LogP contribution in [-0.2, 0) is 16.6 Å². The van der Waals surface area contributed by atoms with E-state index in [-0.39, 0.29) is 17.7 Å². The molecule has 1 aromatic carbocycles. The van der Waals surface area contributed by atoms with Crippen molar-refractivity contribution in [1.29, 1.82) is 0 Å². The van der Waals surface area contributed by atoms with E-state index in [1.54, 1.807) is 35.0 Å². The van der Waals surface area contributed by atoms with Crippen LogP contribution in [0.5, 0.6) is 0 Å². The minimum absolute atomic E-state index is 0.174. The number of benzene rings is 1. The summed E-state index contributed by atoms with van der Waals surface area (Å²) in [4.78, 5) is 16.9. The fourth-order valence-corrected chi connectivity index (χ4v) is 3.00. The maximum atomic E-state index is 12.5. The van der Waals surface area contributed by atoms with Gasteiger partial charge < -0.3 is 5.32 Å². The summed E-state index contributed by atoms with van der Waals surface area (Å²) in [5.74, 6) is 0.351. The molecule has 1 N–H and O–H groups in total. The number of aromatic nitrogens is 3. The van der Waals surface area contributed by atoms with Crippen molar-refractivity contribution in [2.45, 2.75) is 32.6 Å². The van der Waals surface area contributed by atoms with Crippen molar-refractivity contribution >= 4 is 40.6 Å². The SMILES string of the molecule is CC(C)(C)c1c(NC(=O)Cc2ccc(Cl)c(Cl)c2)nn2cccnc12. The number of carbonyl (C=O) groups is 1. The largest absolute Gasteiger partial charge is 0.309 e. The molecule has 0 bridgehead atoms. The molecule has 1 amide bonds. The summed E-state index contributed by atoms with van der Waals surface area (Å²) < 4.78 is 1.68. The number of amides is 1. The molecule has 25 heavy (non-hydrogen) atoms. The lowest BCUT2D eigenvalue weighted by molar-refractivity contribution is -0.115. The van der Waals surface area contributed by atoms with E-state index in [2.05, 4.69) is 36.2 Å². The van der Waals surface area contributed by atoms with E-state index in [0.717, 1.165) is 16.8 Å². The molecule has 0 unspecified atom stereocenters. The van der Waals surface area contributed by atoms with Crippen molar-refractivity contribution in [2.24, 2.45) is 0 Å². The Morgan fingerprint density at radius 3 is 2.68 bits per heavy atom. The average molecular weight is 377 g/mol. The summed E-state index contributed by atoms with van der Waals surface area (Å²) >= 11 is 11.9. The molecule has 0 aliphatic carbocycles. The van der Waals surface area contributed by atoms with Crippen LogP contribution < -0.4 is 5.32 Å². The molecule has 7 heteroatoms. The van der Waals surface area contributed by atoms with Gasteiger partial charge in [-0.15, -0.1) is 5.10 Å². The van der Waals surface area contributed by atoms with Crippen molar-refractivity contribution in [2.75, 3.05) is 5.32 Å². The highest BCUT2D eigenvalue weighted by atomic mass is 35.5. The first-order valence-electron chi connectivity index (χ1n) is 7.83. The molecule has 0 aliphatic heterocycles. The fraction of sp³-hybridized carbons (Fsp3) is 0.278. The Bertz CT molecular complexity index is 944. The van der Waals surface area contributed by atoms with Crippen molar-refractivity contribution in [1.82, 2.24) is 14.6 Å². The molecular formula is C18H18Cl2N4O. The van der Waals surface area contributed by atoms with Gasteiger partial charge >= 0.3 is 0 Å². The van der Waals surface area contributed by atoms with Crippen LogP contribution >= 0.6 is 23.2 Å². The minimum Gasteiger partial charge on any atom is -0.309 e. The summed E-state index contributed by atoms with van der Waals surface area (Å²) in [5.41, 5.74) is 2.20. The zero-order valence-electron chi connectivity index (χ0n) is 14.2. The van der Waals surface area contributed by atoms with E-state index in [1.165, 1.54) is 0 Å². The Labute approximate surface area is 156 Å². The standard InChI is InChI=1S/C18H18Cl2N4O/c1-18(2,3)15-16(23-24-8-4-7-21-17(15)24)22-14(25)10-11-5-6-12(19)13(20)9-11/h4-9H,10H2,1-3H3,(H,22,23,25). The molecule has 0 spiro atoms. The van der Waals surface area contributed by atoms with Crippen LogP contribution in [0.2, 0.25) is 10.0 Å². The quantitative estimate of drug-likeness (QED) is 0.730. The molecule has 5 nitrogen and oxygen atoms in total. The number of fused-ring (bicyclic) bond motifs is 1. The summed E-state index contributed by atoms with van der Waals surface area (Å²) in [5, 5.41) is 8.26. The third kappa shape index (κ3) is 3.78. The smallest absolute Gasteiger partial charge is 0.230 e. The van der Waals surface area contributed by atoms with Crippen LogP contribution in [0.3, 0.4) is 0 Å². The molecule has 2 heterocycles. The molecule has 3 aromatic rings. The third-order valence-corrected chi connectivity index (χ3v) is 4.49. The highest BCUT2D eigenvalue weighted by Crippen LogP contribution is 2.32. The number of anilines is 1. The Balaban J connectivity index is 1.89. The molecule has 0 atom stereocenters. The molecule has 0 radical (unpaired) electrons. The Hall–Kier alpha value is -2.11. The van der Waals surface area contributed by atoms with Gasteiger partial charge in [0.1, 0.15) is 0 Å². The van der Waals surface area contributed by atoms with E-state index >= 15 is 0 Å². The number of halogens is 2. The molecule has 2 aromatic heterocycles. The topological polar surface area (TPSA) is 59.3 Å². The lowest BCUT2D eigenvalue weighted by Crippen LogP contribution is -2.19. The van der Waals surface area contributed by atoms with Crippen molar-refractivity contribution in [3.05, 3.63) is 57.8 Å². The molecule has 0 aliphatic rings. The predicted octanol–water partition coefficient (Wildman–Crippen LogP) is 4.51. The Kier molecular flexibility index (Phi) is 4.71. The van der Waals surface area contributed by atoms with Crippen LogP contribution in [-0.4, -0.2) is 20.5 Å². The lowest BCUT2D eigenvalue weighted by atomic mass is 9.88. The zero-order chi connectivity index (χ0) is 18.2. The van der Waals surface area contributed by atoms with E-state index < -0.39 is 0 Å². The number of nitrogens with one attached hydrogen (secondary N) is 1. The first kappa shape index (κ1) is 17.7. The predicted molar refractivity (Wildman–Crippen MR) is 100 cm³/mol. The Morgan fingerprint density at radius 2 is 2.00 bits per heavy atom. The van der Waals surface area contributed by atoms with Crippen LogP contribution in [0.25, 0.3) is 5.65 Å². The summed E-state index contributed by atoms with van der Waals surface area (Å²) in [6.07, 6.45) is 3.71. The first-order valence-corrected chi connectivity index (χ1v) is 8.59. The van der Waals surface area contributed by atoms with Gasteiger partial charge in [0.05, 0.1) is 16.5 Å². The van der Waals surface area contributed by atoms with Crippen LogP contribution in [0.1, 0.15) is 31.9 Å². The molecule has 0 saturated carbocycles. The van der Waals surface area contributed by atoms with Crippen LogP contribution in [0.4, 0.5) is 5.82 Å². The molecule has 130 valence electrons. The van der Waals surface area contributed by atoms with Gasteiger partial charge in [-0.1, -0.05) is 50.0 Å². The normalized spacial score (nSPS) is 11.7. The van der Waals surface area contributed by atoms with Gasteiger partial charge in [0.25, 0.3) is 0 Å². The second-order valence-corrected chi connectivity index (χ2v) is 7.65. The molecule has 0 saturated heterocycles. The van der Waals surface area contributed by atoms with Crippen LogP contribution in [0, 0.1) is 0 Å². The van der Waals surface area contributed by atoms with E-state index in [0.29, 0.717) is 15.9 Å². The number of nitrogens with zero attached hydrogens (tertiary/aromatic N) is 3.